The van der Waals surface area contributed by atoms with Gasteiger partial charge in [-0.2, -0.15) is 0 Å². The van der Waals surface area contributed by atoms with Crippen LogP contribution in [0.5, 0.6) is 5.75 Å². The molecule has 0 radical (unpaired) electrons. The number of carbonyl (C=O) groups is 1. The Morgan fingerprint density at radius 2 is 1.84 bits per heavy atom. The van der Waals surface area contributed by atoms with Crippen LogP contribution in [0.1, 0.15) is 27.2 Å². The summed E-state index contributed by atoms with van der Waals surface area (Å²) in [6.07, 6.45) is 1.45. The van der Waals surface area contributed by atoms with Gasteiger partial charge in [0.2, 0.25) is 10.0 Å². The number of benzene rings is 2. The van der Waals surface area contributed by atoms with E-state index in [2.05, 4.69) is 10.8 Å². The summed E-state index contributed by atoms with van der Waals surface area (Å²) in [4.78, 5) is 14.1. The molecule has 3 rings (SSSR count). The summed E-state index contributed by atoms with van der Waals surface area (Å²) in [5.74, 6) is 0.861. The summed E-state index contributed by atoms with van der Waals surface area (Å²) in [5.41, 5.74) is 2.40. The van der Waals surface area contributed by atoms with Crippen LogP contribution in [0, 0.1) is 13.8 Å². The Labute approximate surface area is 193 Å². The van der Waals surface area contributed by atoms with Gasteiger partial charge in [0, 0.05) is 12.6 Å². The molecule has 0 aliphatic rings. The van der Waals surface area contributed by atoms with E-state index in [9.17, 15) is 13.2 Å². The van der Waals surface area contributed by atoms with Crippen LogP contribution in [0.4, 0.5) is 0 Å². The van der Waals surface area contributed by atoms with Crippen molar-refractivity contribution in [2.24, 2.45) is 0 Å². The van der Waals surface area contributed by atoms with Gasteiger partial charge in [-0.15, -0.1) is 0 Å². The number of carbonyl (C=O) groups excluding carboxylic acids is 1. The lowest BCUT2D eigenvalue weighted by atomic mass is 10.1. The normalized spacial score (nSPS) is 11.4. The fourth-order valence-electron chi connectivity index (χ4n) is 3.14. The molecule has 0 fully saturated rings. The molecule has 0 spiro atoms. The summed E-state index contributed by atoms with van der Waals surface area (Å²) < 4.78 is 38.7. The smallest absolute Gasteiger partial charge is 0.253 e. The van der Waals surface area contributed by atoms with Crippen LogP contribution >= 0.6 is 11.6 Å². The number of nitrogens with one attached hydrogen (secondary N) is 1. The average Bonchev–Trinajstić information content (AvgIpc) is 3.25. The van der Waals surface area contributed by atoms with Gasteiger partial charge in [0.1, 0.15) is 23.0 Å². The van der Waals surface area contributed by atoms with Crippen molar-refractivity contribution in [3.63, 3.8) is 0 Å². The SMILES string of the molecule is Cc1cc(C)cc(OCCN(C)C(=O)c2ccc(Cl)c(S(=O)(=O)NCc3ccco3)c2)c1. The van der Waals surface area contributed by atoms with E-state index in [0.717, 1.165) is 16.9 Å². The number of hydrogen-bond acceptors (Lipinski definition) is 5. The third-order valence-electron chi connectivity index (χ3n) is 4.72. The van der Waals surface area contributed by atoms with E-state index in [4.69, 9.17) is 20.8 Å². The molecular weight excluding hydrogens is 452 g/mol. The van der Waals surface area contributed by atoms with E-state index in [1.54, 1.807) is 19.2 Å². The fraction of sp³-hybridized carbons (Fsp3) is 0.261. The maximum absolute atomic E-state index is 12.8. The Morgan fingerprint density at radius 1 is 1.12 bits per heavy atom. The zero-order valence-corrected chi connectivity index (χ0v) is 19.7. The molecule has 0 atom stereocenters. The molecule has 1 N–H and O–H groups in total. The van der Waals surface area contributed by atoms with Crippen molar-refractivity contribution in [3.8, 4) is 5.75 Å². The van der Waals surface area contributed by atoms with E-state index in [1.807, 2.05) is 26.0 Å². The molecule has 0 unspecified atom stereocenters. The monoisotopic (exact) mass is 476 g/mol. The highest BCUT2D eigenvalue weighted by Crippen LogP contribution is 2.24. The third-order valence-corrected chi connectivity index (χ3v) is 6.60. The number of rotatable bonds is 9. The Balaban J connectivity index is 1.65. The third kappa shape index (κ3) is 6.12. The van der Waals surface area contributed by atoms with Crippen LogP contribution in [0.2, 0.25) is 5.02 Å². The van der Waals surface area contributed by atoms with Crippen LogP contribution in [-0.4, -0.2) is 39.4 Å². The highest BCUT2D eigenvalue weighted by atomic mass is 35.5. The topological polar surface area (TPSA) is 88.8 Å². The molecule has 7 nitrogen and oxygen atoms in total. The number of sulfonamides is 1. The molecule has 0 aliphatic carbocycles. The lowest BCUT2D eigenvalue weighted by molar-refractivity contribution is 0.0773. The number of aryl methyl sites for hydroxylation is 2. The second kappa shape index (κ2) is 10.2. The standard InChI is InChI=1S/C23H25ClN2O5S/c1-16-11-17(2)13-20(12-16)31-10-8-26(3)23(27)18-6-7-21(24)22(14-18)32(28,29)25-15-19-5-4-9-30-19/h4-7,9,11-14,25H,8,10,15H2,1-3H3. The largest absolute Gasteiger partial charge is 0.492 e. The lowest BCUT2D eigenvalue weighted by Crippen LogP contribution is -2.31. The van der Waals surface area contributed by atoms with Gasteiger partial charge in [0.05, 0.1) is 24.4 Å². The average molecular weight is 477 g/mol. The fourth-order valence-corrected chi connectivity index (χ4v) is 4.65. The Bertz CT molecular complexity index is 1170. The van der Waals surface area contributed by atoms with E-state index in [0.29, 0.717) is 18.9 Å². The predicted octanol–water partition coefficient (Wildman–Crippen LogP) is 4.18. The molecule has 170 valence electrons. The molecule has 0 aliphatic heterocycles. The second-order valence-electron chi connectivity index (χ2n) is 7.45. The van der Waals surface area contributed by atoms with Crippen LogP contribution in [0.3, 0.4) is 0 Å². The van der Waals surface area contributed by atoms with Gasteiger partial charge in [-0.25, -0.2) is 13.1 Å². The van der Waals surface area contributed by atoms with Crippen molar-refractivity contribution in [2.75, 3.05) is 20.2 Å². The van der Waals surface area contributed by atoms with Gasteiger partial charge in [-0.1, -0.05) is 17.7 Å². The summed E-state index contributed by atoms with van der Waals surface area (Å²) in [6.45, 7) is 4.58. The van der Waals surface area contributed by atoms with Gasteiger partial charge in [-0.05, 0) is 67.4 Å². The van der Waals surface area contributed by atoms with Crippen LogP contribution < -0.4 is 9.46 Å². The number of likely N-dealkylation sites (N-methyl/N-ethyl adjacent to an activating group) is 1. The number of nitrogens with zero attached hydrogens (tertiary/aromatic N) is 1. The predicted molar refractivity (Wildman–Crippen MR) is 123 cm³/mol. The summed E-state index contributed by atoms with van der Waals surface area (Å²) >= 11 is 6.12. The second-order valence-corrected chi connectivity index (χ2v) is 9.59. The van der Waals surface area contributed by atoms with Gasteiger partial charge in [-0.3, -0.25) is 4.79 Å². The Morgan fingerprint density at radius 3 is 2.50 bits per heavy atom. The van der Waals surface area contributed by atoms with E-state index < -0.39 is 10.0 Å². The van der Waals surface area contributed by atoms with Crippen molar-refractivity contribution >= 4 is 27.5 Å². The van der Waals surface area contributed by atoms with Crippen LogP contribution in [0.25, 0.3) is 0 Å². The minimum atomic E-state index is -3.95. The van der Waals surface area contributed by atoms with E-state index >= 15 is 0 Å². The van der Waals surface area contributed by atoms with Gasteiger partial charge >= 0.3 is 0 Å². The molecule has 9 heteroatoms. The van der Waals surface area contributed by atoms with Crippen molar-refractivity contribution < 1.29 is 22.4 Å². The minimum Gasteiger partial charge on any atom is -0.492 e. The number of amides is 1. The molecule has 2 aromatic carbocycles. The molecule has 0 bridgehead atoms. The zero-order chi connectivity index (χ0) is 23.3. The van der Waals surface area contributed by atoms with Crippen molar-refractivity contribution in [1.82, 2.24) is 9.62 Å². The van der Waals surface area contributed by atoms with Crippen molar-refractivity contribution in [2.45, 2.75) is 25.3 Å². The van der Waals surface area contributed by atoms with E-state index in [-0.39, 0.29) is 27.9 Å². The van der Waals surface area contributed by atoms with Crippen LogP contribution in [0.15, 0.2) is 64.1 Å². The molecule has 1 aromatic heterocycles. The maximum Gasteiger partial charge on any atom is 0.253 e. The van der Waals surface area contributed by atoms with Crippen molar-refractivity contribution in [3.05, 3.63) is 82.3 Å². The highest BCUT2D eigenvalue weighted by Gasteiger charge is 2.21. The number of furan rings is 1. The first-order valence-corrected chi connectivity index (χ1v) is 11.8. The first-order chi connectivity index (χ1) is 15.2. The molecule has 1 heterocycles. The van der Waals surface area contributed by atoms with Gasteiger partial charge in [0.15, 0.2) is 0 Å². The summed E-state index contributed by atoms with van der Waals surface area (Å²) in [6, 6.07) is 13.4. The molecule has 0 saturated heterocycles. The first-order valence-electron chi connectivity index (χ1n) is 9.94. The van der Waals surface area contributed by atoms with Gasteiger partial charge in [0.25, 0.3) is 5.91 Å². The first kappa shape index (κ1) is 23.8. The number of halogens is 1. The Hall–Kier alpha value is -2.81. The molecule has 32 heavy (non-hydrogen) atoms. The van der Waals surface area contributed by atoms with Crippen LogP contribution in [-0.2, 0) is 16.6 Å². The molecule has 3 aromatic rings. The maximum atomic E-state index is 12.8. The Kier molecular flexibility index (Phi) is 7.60. The van der Waals surface area contributed by atoms with Crippen molar-refractivity contribution in [1.29, 1.82) is 0 Å². The summed E-state index contributed by atoms with van der Waals surface area (Å²) in [7, 11) is -2.32. The molecule has 0 saturated carbocycles. The highest BCUT2D eigenvalue weighted by molar-refractivity contribution is 7.89. The zero-order valence-electron chi connectivity index (χ0n) is 18.1. The van der Waals surface area contributed by atoms with E-state index in [1.165, 1.54) is 29.4 Å². The number of hydrogen-bond donors (Lipinski definition) is 1. The number of ether oxygens (including phenoxy) is 1. The molecular formula is C23H25ClN2O5S. The quantitative estimate of drug-likeness (QED) is 0.500. The lowest BCUT2D eigenvalue weighted by Gasteiger charge is -2.18. The summed E-state index contributed by atoms with van der Waals surface area (Å²) in [5, 5.41) is 0.0225. The van der Waals surface area contributed by atoms with Gasteiger partial charge < -0.3 is 14.1 Å². The molecule has 1 amide bonds. The minimum absolute atomic E-state index is 0.0225.